The van der Waals surface area contributed by atoms with E-state index < -0.39 is 0 Å². The van der Waals surface area contributed by atoms with Crippen molar-refractivity contribution >= 4 is 28.5 Å². The Kier molecular flexibility index (Phi) is 4.43. The fourth-order valence-electron chi connectivity index (χ4n) is 2.09. The van der Waals surface area contributed by atoms with Gasteiger partial charge in [-0.15, -0.1) is 11.6 Å². The predicted octanol–water partition coefficient (Wildman–Crippen LogP) is 2.34. The molecule has 0 saturated heterocycles. The molecule has 0 fully saturated rings. The first-order valence-electron chi connectivity index (χ1n) is 6.41. The number of aromatic nitrogens is 2. The van der Waals surface area contributed by atoms with Crippen molar-refractivity contribution in [1.82, 2.24) is 14.9 Å². The van der Waals surface area contributed by atoms with Gasteiger partial charge < -0.3 is 9.88 Å². The Bertz CT molecular complexity index is 577. The number of nitrogens with one attached hydrogen (secondary N) is 1. The lowest BCUT2D eigenvalue weighted by Crippen LogP contribution is -2.33. The summed E-state index contributed by atoms with van der Waals surface area (Å²) in [7, 11) is 0. The quantitative estimate of drug-likeness (QED) is 0.854. The third kappa shape index (κ3) is 3.26. The second-order valence-electron chi connectivity index (χ2n) is 4.76. The summed E-state index contributed by atoms with van der Waals surface area (Å²) in [5.41, 5.74) is 1.88. The van der Waals surface area contributed by atoms with Crippen molar-refractivity contribution < 1.29 is 4.79 Å². The average molecular weight is 280 g/mol. The summed E-state index contributed by atoms with van der Waals surface area (Å²) >= 11 is 5.80. The minimum absolute atomic E-state index is 0.00558. The van der Waals surface area contributed by atoms with Crippen LogP contribution in [0.25, 0.3) is 11.0 Å². The molecule has 1 N–H and O–H groups in total. The molecule has 1 aromatic heterocycles. The van der Waals surface area contributed by atoms with Crippen molar-refractivity contribution in [3.8, 4) is 0 Å². The summed E-state index contributed by atoms with van der Waals surface area (Å²) < 4.78 is 1.94. The molecule has 0 unspecified atom stereocenters. The molecule has 2 rings (SSSR count). The number of imidazole rings is 1. The van der Waals surface area contributed by atoms with Gasteiger partial charge in [-0.3, -0.25) is 4.79 Å². The number of nitrogens with zero attached hydrogens (tertiary/aromatic N) is 2. The average Bonchev–Trinajstić information content (AvgIpc) is 2.67. The van der Waals surface area contributed by atoms with Crippen LogP contribution in [-0.2, 0) is 17.8 Å². The van der Waals surface area contributed by atoms with Crippen LogP contribution in [0.5, 0.6) is 0 Å². The second-order valence-corrected chi connectivity index (χ2v) is 5.14. The van der Waals surface area contributed by atoms with Gasteiger partial charge >= 0.3 is 0 Å². The summed E-state index contributed by atoms with van der Waals surface area (Å²) in [5.74, 6) is 1.35. The number of aryl methyl sites for hydroxylation is 1. The van der Waals surface area contributed by atoms with Crippen LogP contribution in [0.4, 0.5) is 0 Å². The number of benzene rings is 1. The maximum absolute atomic E-state index is 11.9. The topological polar surface area (TPSA) is 46.9 Å². The van der Waals surface area contributed by atoms with Crippen molar-refractivity contribution in [2.45, 2.75) is 32.9 Å². The van der Waals surface area contributed by atoms with E-state index in [1.807, 2.05) is 42.7 Å². The first kappa shape index (κ1) is 13.9. The number of hydrogen-bond acceptors (Lipinski definition) is 2. The van der Waals surface area contributed by atoms with Gasteiger partial charge in [-0.2, -0.15) is 0 Å². The summed E-state index contributed by atoms with van der Waals surface area (Å²) in [5, 5.41) is 2.89. The van der Waals surface area contributed by atoms with Crippen LogP contribution in [0.1, 0.15) is 19.7 Å². The molecule has 102 valence electrons. The van der Waals surface area contributed by atoms with Gasteiger partial charge in [0, 0.05) is 18.3 Å². The molecule has 4 nitrogen and oxygen atoms in total. The smallest absolute Gasteiger partial charge is 0.240 e. The summed E-state index contributed by atoms with van der Waals surface area (Å²) in [6.07, 6.45) is 0.658. The van der Waals surface area contributed by atoms with E-state index in [0.29, 0.717) is 12.3 Å². The molecule has 1 heterocycles. The van der Waals surface area contributed by atoms with Gasteiger partial charge in [-0.05, 0) is 26.0 Å². The fraction of sp³-hybridized carbons (Fsp3) is 0.429. The normalized spacial score (nSPS) is 11.2. The predicted molar refractivity (Wildman–Crippen MR) is 77.4 cm³/mol. The van der Waals surface area contributed by atoms with Gasteiger partial charge in [0.15, 0.2) is 0 Å². The number of carbonyl (C=O) groups excluding carboxylic acids is 1. The highest BCUT2D eigenvalue weighted by atomic mass is 35.5. The molecule has 0 atom stereocenters. The first-order valence-corrected chi connectivity index (χ1v) is 6.94. The van der Waals surface area contributed by atoms with Gasteiger partial charge in [-0.25, -0.2) is 4.98 Å². The van der Waals surface area contributed by atoms with E-state index in [4.69, 9.17) is 11.6 Å². The number of para-hydroxylation sites is 2. The molecule has 1 aromatic carbocycles. The third-order valence-corrected chi connectivity index (χ3v) is 2.99. The van der Waals surface area contributed by atoms with Gasteiger partial charge in [0.25, 0.3) is 0 Å². The molecule has 1 amide bonds. The zero-order valence-electron chi connectivity index (χ0n) is 11.2. The lowest BCUT2D eigenvalue weighted by Gasteiger charge is -2.11. The van der Waals surface area contributed by atoms with Crippen LogP contribution < -0.4 is 5.32 Å². The van der Waals surface area contributed by atoms with Gasteiger partial charge in [0.2, 0.25) is 5.91 Å². The van der Waals surface area contributed by atoms with Crippen molar-refractivity contribution in [2.24, 2.45) is 0 Å². The van der Waals surface area contributed by atoms with Gasteiger partial charge in [0.1, 0.15) is 12.4 Å². The Labute approximate surface area is 117 Å². The van der Waals surface area contributed by atoms with Crippen LogP contribution in [0, 0.1) is 0 Å². The zero-order valence-corrected chi connectivity index (χ0v) is 11.9. The maximum atomic E-state index is 11.9. The number of halogens is 1. The minimum atomic E-state index is -0.00558. The highest BCUT2D eigenvalue weighted by Gasteiger charge is 2.13. The van der Waals surface area contributed by atoms with Gasteiger partial charge in [-0.1, -0.05) is 12.1 Å². The Morgan fingerprint density at radius 3 is 2.84 bits per heavy atom. The number of carbonyl (C=O) groups is 1. The molecule has 0 saturated carbocycles. The molecule has 0 aliphatic carbocycles. The number of alkyl halides is 1. The van der Waals surface area contributed by atoms with Crippen LogP contribution in [0.2, 0.25) is 0 Å². The second kappa shape index (κ2) is 6.06. The molecule has 0 radical (unpaired) electrons. The van der Waals surface area contributed by atoms with Crippen LogP contribution >= 0.6 is 11.6 Å². The number of hydrogen-bond donors (Lipinski definition) is 1. The summed E-state index contributed by atoms with van der Waals surface area (Å²) in [4.78, 5) is 16.5. The van der Waals surface area contributed by atoms with E-state index in [1.165, 1.54) is 0 Å². The molecule has 19 heavy (non-hydrogen) atoms. The molecular formula is C14H18ClN3O. The number of rotatable bonds is 5. The van der Waals surface area contributed by atoms with E-state index in [1.54, 1.807) is 0 Å². The van der Waals surface area contributed by atoms with Crippen LogP contribution in [0.3, 0.4) is 0 Å². The molecule has 0 aliphatic heterocycles. The van der Waals surface area contributed by atoms with Crippen molar-refractivity contribution in [1.29, 1.82) is 0 Å². The lowest BCUT2D eigenvalue weighted by atomic mass is 10.3. The fourth-order valence-corrected chi connectivity index (χ4v) is 2.26. The Morgan fingerprint density at radius 2 is 2.16 bits per heavy atom. The largest absolute Gasteiger partial charge is 0.352 e. The minimum Gasteiger partial charge on any atom is -0.352 e. The molecule has 0 aliphatic rings. The highest BCUT2D eigenvalue weighted by Crippen LogP contribution is 2.16. The summed E-state index contributed by atoms with van der Waals surface area (Å²) in [6.45, 7) is 4.18. The van der Waals surface area contributed by atoms with E-state index in [-0.39, 0.29) is 18.5 Å². The Morgan fingerprint density at radius 1 is 1.42 bits per heavy atom. The van der Waals surface area contributed by atoms with E-state index in [0.717, 1.165) is 16.9 Å². The van der Waals surface area contributed by atoms with Crippen molar-refractivity contribution in [2.75, 3.05) is 5.88 Å². The third-order valence-electron chi connectivity index (χ3n) is 2.80. The van der Waals surface area contributed by atoms with Crippen molar-refractivity contribution in [3.63, 3.8) is 0 Å². The Hall–Kier alpha value is -1.55. The number of amides is 1. The van der Waals surface area contributed by atoms with E-state index in [9.17, 15) is 4.79 Å². The van der Waals surface area contributed by atoms with E-state index in [2.05, 4.69) is 10.3 Å². The SMILES string of the molecule is CC(C)NC(=O)Cn1c(CCCl)nc2ccccc21. The van der Waals surface area contributed by atoms with Crippen LogP contribution in [0.15, 0.2) is 24.3 Å². The number of fused-ring (bicyclic) bond motifs is 1. The highest BCUT2D eigenvalue weighted by molar-refractivity contribution is 6.17. The van der Waals surface area contributed by atoms with Gasteiger partial charge in [0.05, 0.1) is 11.0 Å². The van der Waals surface area contributed by atoms with Crippen molar-refractivity contribution in [3.05, 3.63) is 30.1 Å². The summed E-state index contributed by atoms with van der Waals surface area (Å²) in [6, 6.07) is 7.95. The lowest BCUT2D eigenvalue weighted by molar-refractivity contribution is -0.122. The Balaban J connectivity index is 2.33. The van der Waals surface area contributed by atoms with Crippen LogP contribution in [-0.4, -0.2) is 27.4 Å². The standard InChI is InChI=1S/C14H18ClN3O/c1-10(2)16-14(19)9-18-12-6-4-3-5-11(12)17-13(18)7-8-15/h3-6,10H,7-9H2,1-2H3,(H,16,19). The molecular weight excluding hydrogens is 262 g/mol. The van der Waals surface area contributed by atoms with E-state index >= 15 is 0 Å². The molecule has 5 heteroatoms. The molecule has 2 aromatic rings. The zero-order chi connectivity index (χ0) is 13.8. The monoisotopic (exact) mass is 279 g/mol. The maximum Gasteiger partial charge on any atom is 0.240 e. The molecule has 0 spiro atoms. The molecule has 0 bridgehead atoms. The first-order chi connectivity index (χ1) is 9.11.